The Kier molecular flexibility index (Phi) is 8.91. The second kappa shape index (κ2) is 12.3. The van der Waals surface area contributed by atoms with Crippen LogP contribution in [0.1, 0.15) is 42.0 Å². The van der Waals surface area contributed by atoms with E-state index in [0.717, 1.165) is 22.4 Å². The van der Waals surface area contributed by atoms with Gasteiger partial charge in [-0.15, -0.1) is 18.3 Å². The highest BCUT2D eigenvalue weighted by atomic mass is 32.1. The van der Waals surface area contributed by atoms with E-state index in [1.807, 2.05) is 24.3 Å². The minimum absolute atomic E-state index is 0.127. The Labute approximate surface area is 230 Å². The van der Waals surface area contributed by atoms with Crippen LogP contribution in [0, 0.1) is 6.92 Å². The van der Waals surface area contributed by atoms with Crippen molar-refractivity contribution in [3.8, 4) is 22.8 Å². The zero-order chi connectivity index (χ0) is 28.0. The van der Waals surface area contributed by atoms with Crippen molar-refractivity contribution in [1.82, 2.24) is 14.8 Å². The summed E-state index contributed by atoms with van der Waals surface area (Å²) in [5.41, 5.74) is 6.01. The average molecular weight is 552 g/mol. The van der Waals surface area contributed by atoms with Crippen LogP contribution < -0.4 is 4.74 Å². The SMILES string of the molecule is CCc1ccc(C)cc1CC(=S)CC(=O)CCc1ccc(-c2ncn(-c3ccc(OC(F)(F)F)cc3)n2)cc1. The molecule has 0 aliphatic rings. The predicted molar refractivity (Wildman–Crippen MR) is 148 cm³/mol. The topological polar surface area (TPSA) is 57.0 Å². The molecule has 1 heterocycles. The molecule has 39 heavy (non-hydrogen) atoms. The molecule has 4 rings (SSSR count). The second-order valence-electron chi connectivity index (χ2n) is 9.31. The Hall–Kier alpha value is -3.85. The van der Waals surface area contributed by atoms with Crippen LogP contribution in [-0.4, -0.2) is 31.8 Å². The molecule has 4 aromatic rings. The highest BCUT2D eigenvalue weighted by molar-refractivity contribution is 7.80. The van der Waals surface area contributed by atoms with Crippen LogP contribution >= 0.6 is 12.2 Å². The third-order valence-electron chi connectivity index (χ3n) is 6.26. The number of hydrogen-bond donors (Lipinski definition) is 0. The molecule has 0 saturated heterocycles. The van der Waals surface area contributed by atoms with Gasteiger partial charge in [-0.05, 0) is 60.7 Å². The maximum absolute atomic E-state index is 12.6. The van der Waals surface area contributed by atoms with Gasteiger partial charge in [-0.25, -0.2) is 9.67 Å². The Morgan fingerprint density at radius 1 is 1.00 bits per heavy atom. The molecule has 0 atom stereocenters. The van der Waals surface area contributed by atoms with E-state index in [2.05, 4.69) is 46.9 Å². The van der Waals surface area contributed by atoms with E-state index in [1.165, 1.54) is 52.0 Å². The van der Waals surface area contributed by atoms with Crippen LogP contribution in [0.3, 0.4) is 0 Å². The van der Waals surface area contributed by atoms with E-state index >= 15 is 0 Å². The summed E-state index contributed by atoms with van der Waals surface area (Å²) in [6, 6.07) is 19.4. The number of benzene rings is 3. The number of ether oxygens (including phenoxy) is 1. The minimum atomic E-state index is -4.74. The van der Waals surface area contributed by atoms with Crippen LogP contribution in [0.25, 0.3) is 17.1 Å². The Morgan fingerprint density at radius 3 is 2.38 bits per heavy atom. The molecule has 1 aromatic heterocycles. The predicted octanol–water partition coefficient (Wildman–Crippen LogP) is 7.21. The molecule has 0 N–H and O–H groups in total. The van der Waals surface area contributed by atoms with Gasteiger partial charge in [0.15, 0.2) is 5.82 Å². The molecule has 0 unspecified atom stereocenters. The van der Waals surface area contributed by atoms with Gasteiger partial charge in [-0.2, -0.15) is 0 Å². The molecule has 5 nitrogen and oxygen atoms in total. The lowest BCUT2D eigenvalue weighted by Gasteiger charge is -2.10. The fraction of sp³-hybridized carbons (Fsp3) is 0.267. The molecular formula is C30H28F3N3O2S. The number of thiocarbonyl (C=S) groups is 1. The Bertz CT molecular complexity index is 1450. The highest BCUT2D eigenvalue weighted by Gasteiger charge is 2.31. The third kappa shape index (κ3) is 8.07. The molecule has 3 aromatic carbocycles. The van der Waals surface area contributed by atoms with Crippen molar-refractivity contribution in [3.63, 3.8) is 0 Å². The highest BCUT2D eigenvalue weighted by Crippen LogP contribution is 2.24. The number of aryl methyl sites for hydroxylation is 3. The van der Waals surface area contributed by atoms with Crippen LogP contribution in [0.5, 0.6) is 5.75 Å². The number of aromatic nitrogens is 3. The molecule has 0 spiro atoms. The summed E-state index contributed by atoms with van der Waals surface area (Å²) in [4.78, 5) is 17.6. The van der Waals surface area contributed by atoms with Crippen molar-refractivity contribution in [2.24, 2.45) is 0 Å². The number of hydrogen-bond acceptors (Lipinski definition) is 5. The quantitative estimate of drug-likeness (QED) is 0.184. The van der Waals surface area contributed by atoms with Gasteiger partial charge < -0.3 is 4.74 Å². The number of carbonyl (C=O) groups is 1. The van der Waals surface area contributed by atoms with E-state index in [4.69, 9.17) is 12.2 Å². The standard InChI is InChI=1S/C30H28F3N3O2S/c1-3-22-8-4-20(2)16-24(22)17-28(39)18-26(37)13-7-21-5-9-23(10-6-21)29-34-19-36(35-29)25-11-14-27(15-12-25)38-30(31,32)33/h4-6,8-12,14-16,19H,3,7,13,17-18H2,1-2H3. The fourth-order valence-electron chi connectivity index (χ4n) is 4.27. The number of rotatable bonds is 11. The maximum atomic E-state index is 12.6. The second-order valence-corrected chi connectivity index (χ2v) is 9.89. The number of nitrogens with zero attached hydrogens (tertiary/aromatic N) is 3. The molecule has 0 aliphatic heterocycles. The normalized spacial score (nSPS) is 11.4. The Balaban J connectivity index is 1.29. The lowest BCUT2D eigenvalue weighted by atomic mass is 9.96. The van der Waals surface area contributed by atoms with Crippen LogP contribution in [0.4, 0.5) is 13.2 Å². The van der Waals surface area contributed by atoms with E-state index in [1.54, 1.807) is 0 Å². The number of carbonyl (C=O) groups excluding carboxylic acids is 1. The first-order valence-electron chi connectivity index (χ1n) is 12.6. The number of ketones is 1. The van der Waals surface area contributed by atoms with Gasteiger partial charge in [-0.1, -0.05) is 67.2 Å². The zero-order valence-corrected chi connectivity index (χ0v) is 22.5. The van der Waals surface area contributed by atoms with Crippen molar-refractivity contribution in [2.45, 2.75) is 52.3 Å². The summed E-state index contributed by atoms with van der Waals surface area (Å²) < 4.78 is 42.4. The van der Waals surface area contributed by atoms with E-state index in [-0.39, 0.29) is 11.5 Å². The first-order valence-corrected chi connectivity index (χ1v) is 13.0. The maximum Gasteiger partial charge on any atom is 0.573 e. The fourth-order valence-corrected chi connectivity index (χ4v) is 4.59. The summed E-state index contributed by atoms with van der Waals surface area (Å²) in [6.45, 7) is 4.18. The average Bonchev–Trinajstić information content (AvgIpc) is 3.38. The molecule has 9 heteroatoms. The molecule has 0 fully saturated rings. The smallest absolute Gasteiger partial charge is 0.406 e. The van der Waals surface area contributed by atoms with E-state index < -0.39 is 6.36 Å². The minimum Gasteiger partial charge on any atom is -0.406 e. The van der Waals surface area contributed by atoms with Crippen molar-refractivity contribution in [2.75, 3.05) is 0 Å². The molecule has 0 amide bonds. The summed E-state index contributed by atoms with van der Waals surface area (Å²) in [6.07, 6.45) is -0.346. The Morgan fingerprint density at radius 2 is 1.72 bits per heavy atom. The van der Waals surface area contributed by atoms with Gasteiger partial charge in [0.1, 0.15) is 17.9 Å². The van der Waals surface area contributed by atoms with Crippen molar-refractivity contribution in [1.29, 1.82) is 0 Å². The first kappa shape index (κ1) is 28.2. The lowest BCUT2D eigenvalue weighted by molar-refractivity contribution is -0.274. The third-order valence-corrected chi connectivity index (χ3v) is 6.54. The van der Waals surface area contributed by atoms with Crippen LogP contribution in [-0.2, 0) is 24.1 Å². The van der Waals surface area contributed by atoms with Gasteiger partial charge in [0.2, 0.25) is 0 Å². The van der Waals surface area contributed by atoms with E-state index in [9.17, 15) is 18.0 Å². The summed E-state index contributed by atoms with van der Waals surface area (Å²) in [7, 11) is 0. The van der Waals surface area contributed by atoms with Gasteiger partial charge in [0.05, 0.1) is 5.69 Å². The molecule has 202 valence electrons. The van der Waals surface area contributed by atoms with Crippen LogP contribution in [0.2, 0.25) is 0 Å². The first-order chi connectivity index (χ1) is 18.6. The van der Waals surface area contributed by atoms with Gasteiger partial charge in [0, 0.05) is 29.7 Å². The lowest BCUT2D eigenvalue weighted by Crippen LogP contribution is -2.17. The molecule has 0 radical (unpaired) electrons. The van der Waals surface area contributed by atoms with Crippen molar-refractivity contribution in [3.05, 3.63) is 95.3 Å². The number of Topliss-reactive ketones (excluding diaryl/α,β-unsaturated/α-hetero) is 1. The number of alkyl halides is 3. The van der Waals surface area contributed by atoms with Gasteiger partial charge in [-0.3, -0.25) is 4.79 Å². The molecular weight excluding hydrogens is 523 g/mol. The molecule has 0 saturated carbocycles. The summed E-state index contributed by atoms with van der Waals surface area (Å²) in [5.74, 6) is 0.294. The van der Waals surface area contributed by atoms with Gasteiger partial charge in [0.25, 0.3) is 0 Å². The molecule has 0 aliphatic carbocycles. The summed E-state index contributed by atoms with van der Waals surface area (Å²) >= 11 is 5.54. The molecule has 0 bridgehead atoms. The van der Waals surface area contributed by atoms with Crippen LogP contribution in [0.15, 0.2) is 73.1 Å². The van der Waals surface area contributed by atoms with Gasteiger partial charge >= 0.3 is 6.36 Å². The van der Waals surface area contributed by atoms with E-state index in [0.29, 0.717) is 37.2 Å². The number of halogens is 3. The zero-order valence-electron chi connectivity index (χ0n) is 21.7. The monoisotopic (exact) mass is 551 g/mol. The van der Waals surface area contributed by atoms with Crippen molar-refractivity contribution >= 4 is 22.9 Å². The largest absolute Gasteiger partial charge is 0.573 e. The summed E-state index contributed by atoms with van der Waals surface area (Å²) in [5, 5.41) is 4.42. The van der Waals surface area contributed by atoms with Crippen molar-refractivity contribution < 1.29 is 22.7 Å².